The second kappa shape index (κ2) is 3.61. The quantitative estimate of drug-likeness (QED) is 0.431. The smallest absolute Gasteiger partial charge is 0.270 e. The van der Waals surface area contributed by atoms with Gasteiger partial charge < -0.3 is 5.21 Å². The fourth-order valence-corrected chi connectivity index (χ4v) is 1.32. The molecular weight excluding hydrogens is 214 g/mol. The van der Waals surface area contributed by atoms with Gasteiger partial charge in [-0.15, -0.1) is 0 Å². The molecule has 16 heavy (non-hydrogen) atoms. The van der Waals surface area contributed by atoms with Crippen LogP contribution < -0.4 is 4.90 Å². The summed E-state index contributed by atoms with van der Waals surface area (Å²) < 4.78 is 4.39. The van der Waals surface area contributed by atoms with Gasteiger partial charge in [0.1, 0.15) is 0 Å². The molecule has 0 fully saturated rings. The van der Waals surface area contributed by atoms with Gasteiger partial charge in [0.15, 0.2) is 0 Å². The Labute approximate surface area is 89.6 Å². The molecule has 0 amide bonds. The van der Waals surface area contributed by atoms with Crippen LogP contribution in [0.3, 0.4) is 0 Å². The minimum Gasteiger partial charge on any atom is -0.359 e. The lowest BCUT2D eigenvalue weighted by Gasteiger charge is -1.94. The molecule has 7 nitrogen and oxygen atoms in total. The number of aromatic nitrogens is 2. The van der Waals surface area contributed by atoms with Gasteiger partial charge in [0.25, 0.3) is 11.4 Å². The molecular formula is C9H7N3O4. The molecule has 0 saturated heterocycles. The second-order valence-corrected chi connectivity index (χ2v) is 3.17. The fraction of sp³-hybridized carbons (Fsp3) is 0.111. The van der Waals surface area contributed by atoms with Crippen LogP contribution in [0.25, 0.3) is 11.3 Å². The van der Waals surface area contributed by atoms with Gasteiger partial charge in [0.05, 0.1) is 4.92 Å². The molecule has 0 aliphatic rings. The summed E-state index contributed by atoms with van der Waals surface area (Å²) in [7, 11) is 0. The highest BCUT2D eigenvalue weighted by molar-refractivity contribution is 5.62. The molecule has 0 saturated carbocycles. The highest BCUT2D eigenvalue weighted by atomic mass is 16.8. The summed E-state index contributed by atoms with van der Waals surface area (Å²) in [6.45, 7) is 1.53. The summed E-state index contributed by atoms with van der Waals surface area (Å²) in [5.41, 5.74) is 0.988. The predicted octanol–water partition coefficient (Wildman–Crippen LogP) is 1.19. The largest absolute Gasteiger partial charge is 0.359 e. The van der Waals surface area contributed by atoms with E-state index in [9.17, 15) is 15.3 Å². The Balaban J connectivity index is 2.52. The minimum atomic E-state index is -0.510. The molecule has 0 radical (unpaired) electrons. The summed E-state index contributed by atoms with van der Waals surface area (Å²) >= 11 is 0. The van der Waals surface area contributed by atoms with Crippen LogP contribution in [0.15, 0.2) is 28.9 Å². The second-order valence-electron chi connectivity index (χ2n) is 3.17. The van der Waals surface area contributed by atoms with E-state index in [0.29, 0.717) is 11.3 Å². The Morgan fingerprint density at radius 1 is 1.50 bits per heavy atom. The normalized spacial score (nSPS) is 10.3. The van der Waals surface area contributed by atoms with Crippen molar-refractivity contribution in [2.45, 2.75) is 6.92 Å². The zero-order chi connectivity index (χ0) is 11.7. The zero-order valence-corrected chi connectivity index (χ0v) is 8.28. The number of nitro groups is 1. The van der Waals surface area contributed by atoms with Crippen LogP contribution in [0, 0.1) is 22.2 Å². The van der Waals surface area contributed by atoms with Gasteiger partial charge in [-0.25, -0.2) is 0 Å². The zero-order valence-electron chi connectivity index (χ0n) is 8.28. The number of benzene rings is 1. The third-order valence-corrected chi connectivity index (χ3v) is 2.15. The molecule has 0 atom stereocenters. The molecule has 0 N–H and O–H groups in total. The van der Waals surface area contributed by atoms with Gasteiger partial charge in [-0.05, 0) is 11.0 Å². The van der Waals surface area contributed by atoms with E-state index in [1.807, 2.05) is 0 Å². The van der Waals surface area contributed by atoms with Crippen LogP contribution in [-0.2, 0) is 0 Å². The monoisotopic (exact) mass is 221 g/mol. The standard InChI is InChI=1S/C9H7N3O4/c1-6-9(10-16-12(6)15)7-3-2-4-8(5-7)11(13)14/h2-5H,1H3. The van der Waals surface area contributed by atoms with Crippen molar-refractivity contribution in [3.8, 4) is 11.3 Å². The first kappa shape index (κ1) is 10.1. The molecule has 0 spiro atoms. The lowest BCUT2D eigenvalue weighted by molar-refractivity contribution is -0.806. The van der Waals surface area contributed by atoms with E-state index >= 15 is 0 Å². The summed E-state index contributed by atoms with van der Waals surface area (Å²) in [6.07, 6.45) is 0. The Bertz CT molecular complexity index is 549. The van der Waals surface area contributed by atoms with Gasteiger partial charge in [0, 0.05) is 29.8 Å². The first-order chi connectivity index (χ1) is 7.59. The highest BCUT2D eigenvalue weighted by Crippen LogP contribution is 2.23. The van der Waals surface area contributed by atoms with E-state index in [1.54, 1.807) is 6.07 Å². The Hall–Kier alpha value is -2.44. The van der Waals surface area contributed by atoms with Crippen molar-refractivity contribution in [3.63, 3.8) is 0 Å². The van der Waals surface area contributed by atoms with E-state index in [4.69, 9.17) is 0 Å². The Morgan fingerprint density at radius 2 is 2.25 bits per heavy atom. The van der Waals surface area contributed by atoms with Gasteiger partial charge in [-0.3, -0.25) is 14.7 Å². The molecule has 0 aliphatic carbocycles. The van der Waals surface area contributed by atoms with Crippen molar-refractivity contribution >= 4 is 5.69 Å². The molecule has 1 aromatic heterocycles. The van der Waals surface area contributed by atoms with Gasteiger partial charge in [0.2, 0.25) is 5.69 Å². The Kier molecular flexibility index (Phi) is 2.28. The van der Waals surface area contributed by atoms with Crippen LogP contribution in [0.2, 0.25) is 0 Å². The van der Waals surface area contributed by atoms with Crippen molar-refractivity contribution in [2.75, 3.05) is 0 Å². The van der Waals surface area contributed by atoms with Crippen LogP contribution in [0.5, 0.6) is 0 Å². The van der Waals surface area contributed by atoms with E-state index in [2.05, 4.69) is 9.79 Å². The molecule has 82 valence electrons. The van der Waals surface area contributed by atoms with E-state index < -0.39 is 4.92 Å². The lowest BCUT2D eigenvalue weighted by atomic mass is 10.1. The van der Waals surface area contributed by atoms with Crippen molar-refractivity contribution in [1.29, 1.82) is 0 Å². The maximum Gasteiger partial charge on any atom is 0.270 e. The van der Waals surface area contributed by atoms with Gasteiger partial charge >= 0.3 is 0 Å². The number of rotatable bonds is 2. The molecule has 1 aromatic carbocycles. The first-order valence-corrected chi connectivity index (χ1v) is 4.41. The molecule has 7 heteroatoms. The number of nitro benzene ring substituents is 1. The number of nitrogens with zero attached hydrogens (tertiary/aromatic N) is 3. The number of hydrogen-bond acceptors (Lipinski definition) is 5. The van der Waals surface area contributed by atoms with Crippen molar-refractivity contribution in [3.05, 3.63) is 45.3 Å². The third kappa shape index (κ3) is 1.58. The first-order valence-electron chi connectivity index (χ1n) is 4.41. The molecule has 0 bridgehead atoms. The maximum atomic E-state index is 11.0. The Morgan fingerprint density at radius 3 is 2.81 bits per heavy atom. The third-order valence-electron chi connectivity index (χ3n) is 2.15. The predicted molar refractivity (Wildman–Crippen MR) is 52.3 cm³/mol. The summed E-state index contributed by atoms with van der Waals surface area (Å²) in [6, 6.07) is 5.85. The summed E-state index contributed by atoms with van der Waals surface area (Å²) in [5.74, 6) is 0. The number of non-ortho nitro benzene ring substituents is 1. The molecule has 2 aromatic rings. The highest BCUT2D eigenvalue weighted by Gasteiger charge is 2.18. The average Bonchev–Trinajstić information content (AvgIpc) is 2.60. The van der Waals surface area contributed by atoms with Crippen LogP contribution in [0.4, 0.5) is 5.69 Å². The SMILES string of the molecule is Cc1c(-c2cccc([N+](=O)[O-])c2)no[n+]1[O-]. The lowest BCUT2D eigenvalue weighted by Crippen LogP contribution is -2.25. The van der Waals surface area contributed by atoms with Gasteiger partial charge in [-0.1, -0.05) is 6.07 Å². The van der Waals surface area contributed by atoms with E-state index in [1.165, 1.54) is 25.1 Å². The number of hydrogen-bond donors (Lipinski definition) is 0. The van der Waals surface area contributed by atoms with E-state index in [-0.39, 0.29) is 16.3 Å². The molecule has 0 aliphatic heterocycles. The summed E-state index contributed by atoms with van der Waals surface area (Å²) in [5, 5.41) is 25.1. The van der Waals surface area contributed by atoms with Crippen LogP contribution in [0.1, 0.15) is 5.69 Å². The van der Waals surface area contributed by atoms with Gasteiger partial charge in [-0.2, -0.15) is 0 Å². The maximum absolute atomic E-state index is 11.0. The average molecular weight is 221 g/mol. The summed E-state index contributed by atoms with van der Waals surface area (Å²) in [4.78, 5) is 10.3. The van der Waals surface area contributed by atoms with E-state index in [0.717, 1.165) is 0 Å². The van der Waals surface area contributed by atoms with Crippen LogP contribution in [-0.4, -0.2) is 10.1 Å². The minimum absolute atomic E-state index is 0.0580. The fourth-order valence-electron chi connectivity index (χ4n) is 1.32. The van der Waals surface area contributed by atoms with Crippen molar-refractivity contribution in [2.24, 2.45) is 0 Å². The molecule has 0 unspecified atom stereocenters. The molecule has 1 heterocycles. The van der Waals surface area contributed by atoms with Crippen LogP contribution >= 0.6 is 0 Å². The molecule has 2 rings (SSSR count). The van der Waals surface area contributed by atoms with Crippen molar-refractivity contribution in [1.82, 2.24) is 5.16 Å². The van der Waals surface area contributed by atoms with Crippen molar-refractivity contribution < 1.29 is 14.5 Å². The topological polar surface area (TPSA) is 96.1 Å².